The Kier molecular flexibility index (Phi) is 7.65. The summed E-state index contributed by atoms with van der Waals surface area (Å²) in [5.41, 5.74) is 7.86. The van der Waals surface area contributed by atoms with E-state index in [1.54, 1.807) is 0 Å². The molecular formula is C39H27ClN4. The molecule has 1 aromatic heterocycles. The minimum atomic E-state index is 0.511. The van der Waals surface area contributed by atoms with Crippen molar-refractivity contribution in [3.63, 3.8) is 0 Å². The molecule has 5 heteroatoms. The first-order chi connectivity index (χ1) is 21.7. The highest BCUT2D eigenvalue weighted by Crippen LogP contribution is 2.39. The molecular weight excluding hydrogens is 560 g/mol. The van der Waals surface area contributed by atoms with Crippen LogP contribution in [0.3, 0.4) is 0 Å². The predicted octanol–water partition coefficient (Wildman–Crippen LogP) is 10.7. The lowest BCUT2D eigenvalue weighted by molar-refractivity contribution is 1.07. The molecule has 0 amide bonds. The Morgan fingerprint density at radius 3 is 1.32 bits per heavy atom. The molecule has 0 fully saturated rings. The molecule has 0 bridgehead atoms. The molecule has 0 N–H and O–H groups in total. The topological polar surface area (TPSA) is 41.9 Å². The molecule has 0 aliphatic heterocycles. The maximum Gasteiger partial charge on any atom is 0.165 e. The van der Waals surface area contributed by atoms with Crippen LogP contribution in [0, 0.1) is 0 Å². The van der Waals surface area contributed by atoms with Gasteiger partial charge in [-0.15, -0.1) is 0 Å². The number of rotatable bonds is 7. The van der Waals surface area contributed by atoms with E-state index < -0.39 is 0 Å². The fourth-order valence-electron chi connectivity index (χ4n) is 5.21. The van der Waals surface area contributed by atoms with Crippen LogP contribution in [0.5, 0.6) is 0 Å². The molecule has 0 aliphatic carbocycles. The first-order valence-electron chi connectivity index (χ1n) is 14.4. The maximum atomic E-state index is 6.89. The molecule has 0 aliphatic rings. The first kappa shape index (κ1) is 27.3. The predicted molar refractivity (Wildman–Crippen MR) is 181 cm³/mol. The largest absolute Gasteiger partial charge is 0.310 e. The molecule has 1 heterocycles. The number of hydrogen-bond acceptors (Lipinski definition) is 4. The van der Waals surface area contributed by atoms with E-state index in [-0.39, 0.29) is 0 Å². The van der Waals surface area contributed by atoms with Crippen LogP contribution >= 0.6 is 11.6 Å². The normalized spacial score (nSPS) is 10.8. The Morgan fingerprint density at radius 2 is 0.773 bits per heavy atom. The van der Waals surface area contributed by atoms with E-state index in [1.165, 1.54) is 5.56 Å². The smallest absolute Gasteiger partial charge is 0.165 e. The highest BCUT2D eigenvalue weighted by atomic mass is 35.5. The van der Waals surface area contributed by atoms with Crippen LogP contribution < -0.4 is 4.90 Å². The Balaban J connectivity index is 1.36. The van der Waals surface area contributed by atoms with E-state index in [4.69, 9.17) is 26.6 Å². The zero-order valence-electron chi connectivity index (χ0n) is 23.8. The van der Waals surface area contributed by atoms with Gasteiger partial charge in [-0.05, 0) is 53.6 Å². The van der Waals surface area contributed by atoms with E-state index in [0.717, 1.165) is 39.3 Å². The number of anilines is 3. The fourth-order valence-corrected chi connectivity index (χ4v) is 5.41. The van der Waals surface area contributed by atoms with Gasteiger partial charge in [0.25, 0.3) is 0 Å². The van der Waals surface area contributed by atoms with Crippen LogP contribution in [0.15, 0.2) is 164 Å². The van der Waals surface area contributed by atoms with Crippen molar-refractivity contribution < 1.29 is 0 Å². The van der Waals surface area contributed by atoms with Crippen molar-refractivity contribution in [3.8, 4) is 45.3 Å². The second kappa shape index (κ2) is 12.3. The summed E-state index contributed by atoms with van der Waals surface area (Å²) in [6.07, 6.45) is 0. The van der Waals surface area contributed by atoms with Gasteiger partial charge >= 0.3 is 0 Å². The number of para-hydroxylation sites is 1. The lowest BCUT2D eigenvalue weighted by Crippen LogP contribution is -2.10. The Labute approximate surface area is 261 Å². The summed E-state index contributed by atoms with van der Waals surface area (Å²) in [7, 11) is 0. The van der Waals surface area contributed by atoms with E-state index in [0.29, 0.717) is 22.5 Å². The quantitative estimate of drug-likeness (QED) is 0.186. The molecule has 0 atom stereocenters. The maximum absolute atomic E-state index is 6.89. The summed E-state index contributed by atoms with van der Waals surface area (Å²) in [5.74, 6) is 1.69. The van der Waals surface area contributed by atoms with Crippen molar-refractivity contribution in [2.24, 2.45) is 0 Å². The molecule has 0 saturated heterocycles. The number of hydrogen-bond donors (Lipinski definition) is 0. The third kappa shape index (κ3) is 5.71. The van der Waals surface area contributed by atoms with Gasteiger partial charge in [-0.25, -0.2) is 15.0 Å². The zero-order chi connectivity index (χ0) is 29.7. The third-order valence-corrected chi connectivity index (χ3v) is 7.73. The zero-order valence-corrected chi connectivity index (χ0v) is 24.5. The molecule has 210 valence electrons. The summed E-state index contributed by atoms with van der Waals surface area (Å²) in [5, 5.41) is 0.561. The fraction of sp³-hybridized carbons (Fsp3) is 0. The summed E-state index contributed by atoms with van der Waals surface area (Å²) in [6, 6.07) is 55.2. The number of nitrogens with zero attached hydrogens (tertiary/aromatic N) is 4. The highest BCUT2D eigenvalue weighted by molar-refractivity contribution is 6.33. The minimum Gasteiger partial charge on any atom is -0.310 e. The minimum absolute atomic E-state index is 0.511. The van der Waals surface area contributed by atoms with Crippen molar-refractivity contribution in [1.29, 1.82) is 0 Å². The monoisotopic (exact) mass is 586 g/mol. The van der Waals surface area contributed by atoms with Gasteiger partial charge in [0.2, 0.25) is 0 Å². The van der Waals surface area contributed by atoms with Gasteiger partial charge in [0.1, 0.15) is 0 Å². The van der Waals surface area contributed by atoms with Crippen LogP contribution in [0.2, 0.25) is 5.02 Å². The van der Waals surface area contributed by atoms with Gasteiger partial charge in [0.05, 0.1) is 5.02 Å². The second-order valence-electron chi connectivity index (χ2n) is 10.3. The average molecular weight is 587 g/mol. The highest BCUT2D eigenvalue weighted by Gasteiger charge is 2.18. The van der Waals surface area contributed by atoms with E-state index in [9.17, 15) is 0 Å². The van der Waals surface area contributed by atoms with Crippen molar-refractivity contribution in [1.82, 2.24) is 15.0 Å². The van der Waals surface area contributed by atoms with Crippen LogP contribution in [-0.2, 0) is 0 Å². The van der Waals surface area contributed by atoms with Crippen molar-refractivity contribution in [2.45, 2.75) is 0 Å². The van der Waals surface area contributed by atoms with Gasteiger partial charge in [-0.1, -0.05) is 133 Å². The molecule has 44 heavy (non-hydrogen) atoms. The number of benzene rings is 6. The van der Waals surface area contributed by atoms with Crippen molar-refractivity contribution >= 4 is 28.7 Å². The lowest BCUT2D eigenvalue weighted by Gasteiger charge is -2.26. The summed E-state index contributed by atoms with van der Waals surface area (Å²) in [4.78, 5) is 16.9. The van der Waals surface area contributed by atoms with E-state index in [2.05, 4.69) is 71.6 Å². The molecule has 7 aromatic rings. The van der Waals surface area contributed by atoms with Crippen LogP contribution in [0.25, 0.3) is 45.3 Å². The number of aromatic nitrogens is 3. The van der Waals surface area contributed by atoms with Crippen molar-refractivity contribution in [2.75, 3.05) is 4.90 Å². The molecule has 0 spiro atoms. The summed E-state index contributed by atoms with van der Waals surface area (Å²) in [6.45, 7) is 0. The van der Waals surface area contributed by atoms with E-state index >= 15 is 0 Å². The van der Waals surface area contributed by atoms with Gasteiger partial charge < -0.3 is 4.90 Å². The summed E-state index contributed by atoms with van der Waals surface area (Å²) >= 11 is 6.89. The van der Waals surface area contributed by atoms with Crippen molar-refractivity contribution in [3.05, 3.63) is 169 Å². The van der Waals surface area contributed by atoms with Gasteiger partial charge in [-0.3, -0.25) is 0 Å². The Hall–Kier alpha value is -5.58. The lowest BCUT2D eigenvalue weighted by atomic mass is 10.0. The van der Waals surface area contributed by atoms with E-state index in [1.807, 2.05) is 97.1 Å². The first-order valence-corrected chi connectivity index (χ1v) is 14.8. The van der Waals surface area contributed by atoms with Gasteiger partial charge in [-0.2, -0.15) is 0 Å². The third-order valence-electron chi connectivity index (χ3n) is 7.40. The Morgan fingerprint density at radius 1 is 0.364 bits per heavy atom. The van der Waals surface area contributed by atoms with Gasteiger partial charge in [0.15, 0.2) is 17.5 Å². The second-order valence-corrected chi connectivity index (χ2v) is 10.7. The van der Waals surface area contributed by atoms with Crippen LogP contribution in [0.4, 0.5) is 17.1 Å². The Bertz CT molecular complexity index is 1940. The molecule has 4 nitrogen and oxygen atoms in total. The van der Waals surface area contributed by atoms with Crippen LogP contribution in [-0.4, -0.2) is 15.0 Å². The molecule has 0 saturated carbocycles. The average Bonchev–Trinajstić information content (AvgIpc) is 3.11. The molecule has 6 aromatic carbocycles. The van der Waals surface area contributed by atoms with Crippen LogP contribution in [0.1, 0.15) is 0 Å². The molecule has 7 rings (SSSR count). The SMILES string of the molecule is Clc1ccc(N(c2ccccc2)c2ccc(-c3ccccc3)cc2)cc1-c1nc(-c2ccccc2)nc(-c2ccccc2)n1. The number of halogens is 1. The standard InChI is InChI=1S/C39H27ClN4/c40-36-26-25-34(44(32-19-11-4-12-20-32)33-23-21-29(22-24-33)28-13-5-1-6-14-28)27-35(36)39-42-37(30-15-7-2-8-16-30)41-38(43-39)31-17-9-3-10-18-31/h1-27H. The van der Waals surface area contributed by atoms with Gasteiger partial charge in [0, 0.05) is 33.8 Å². The molecule has 0 radical (unpaired) electrons. The summed E-state index contributed by atoms with van der Waals surface area (Å²) < 4.78 is 0. The molecule has 0 unspecified atom stereocenters.